The molecule has 158 valence electrons. The molecule has 6 nitrogen and oxygen atoms in total. The number of unbranched alkanes of at least 4 members (excludes halogenated alkanes) is 1. The zero-order chi connectivity index (χ0) is 20.4. The van der Waals surface area contributed by atoms with Gasteiger partial charge in [0, 0.05) is 32.4 Å². The van der Waals surface area contributed by atoms with Gasteiger partial charge in [-0.15, -0.1) is 0 Å². The summed E-state index contributed by atoms with van der Waals surface area (Å²) >= 11 is 0. The number of nitrogens with two attached hydrogens (primary N) is 1. The van der Waals surface area contributed by atoms with Crippen LogP contribution in [0.2, 0.25) is 0 Å². The fraction of sp³-hybridized carbons (Fsp3) is 0.727. The van der Waals surface area contributed by atoms with Gasteiger partial charge in [-0.25, -0.2) is 4.98 Å². The Morgan fingerprint density at radius 2 is 2.21 bits per heavy atom. The van der Waals surface area contributed by atoms with Crippen molar-refractivity contribution in [1.82, 2.24) is 9.88 Å². The summed E-state index contributed by atoms with van der Waals surface area (Å²) in [5.74, 6) is 1.08. The van der Waals surface area contributed by atoms with Crippen molar-refractivity contribution in [3.05, 3.63) is 23.4 Å². The van der Waals surface area contributed by atoms with Crippen LogP contribution in [0, 0.1) is 0 Å². The standard InChI is InChI=1S/C22H38N4O2/c1-4-22(23,17-27)12-15-26(16-18(2)28-3)14-6-5-9-20-11-10-19-8-7-13-24-21(19)25-20/h10-11,17-18H,4-9,12-16,23H2,1-3H3,(H,24,25)/t18-,22-/m1/s1. The third-order valence-electron chi connectivity index (χ3n) is 5.81. The molecular weight excluding hydrogens is 352 g/mol. The molecule has 28 heavy (non-hydrogen) atoms. The first-order chi connectivity index (χ1) is 13.5. The van der Waals surface area contributed by atoms with Crippen LogP contribution in [-0.2, 0) is 22.4 Å². The Balaban J connectivity index is 1.80. The average Bonchev–Trinajstić information content (AvgIpc) is 2.74. The van der Waals surface area contributed by atoms with E-state index in [9.17, 15) is 4.79 Å². The van der Waals surface area contributed by atoms with Crippen molar-refractivity contribution in [2.45, 2.75) is 70.4 Å². The number of ether oxygens (including phenoxy) is 1. The molecule has 0 fully saturated rings. The number of aldehydes is 1. The molecule has 1 aliphatic rings. The fourth-order valence-electron chi connectivity index (χ4n) is 3.57. The highest BCUT2D eigenvalue weighted by Gasteiger charge is 2.23. The van der Waals surface area contributed by atoms with Crippen molar-refractivity contribution in [2.75, 3.05) is 38.6 Å². The molecule has 2 atom stereocenters. The zero-order valence-electron chi connectivity index (χ0n) is 17.9. The van der Waals surface area contributed by atoms with Crippen LogP contribution in [0.3, 0.4) is 0 Å². The van der Waals surface area contributed by atoms with E-state index in [1.54, 1.807) is 7.11 Å². The molecule has 6 heteroatoms. The highest BCUT2D eigenvalue weighted by Crippen LogP contribution is 2.20. The molecule has 0 aromatic carbocycles. The second kappa shape index (κ2) is 11.5. The van der Waals surface area contributed by atoms with Gasteiger partial charge in [-0.1, -0.05) is 13.0 Å². The number of carbonyl (C=O) groups is 1. The van der Waals surface area contributed by atoms with Crippen LogP contribution < -0.4 is 11.1 Å². The Morgan fingerprint density at radius 1 is 1.39 bits per heavy atom. The van der Waals surface area contributed by atoms with Crippen LogP contribution in [0.5, 0.6) is 0 Å². The second-order valence-electron chi connectivity index (χ2n) is 8.10. The van der Waals surface area contributed by atoms with Crippen LogP contribution in [-0.4, -0.2) is 61.1 Å². The van der Waals surface area contributed by atoms with Crippen molar-refractivity contribution in [3.63, 3.8) is 0 Å². The quantitative estimate of drug-likeness (QED) is 0.398. The Kier molecular flexibility index (Phi) is 9.35. The Morgan fingerprint density at radius 3 is 2.93 bits per heavy atom. The van der Waals surface area contributed by atoms with Gasteiger partial charge in [0.15, 0.2) is 0 Å². The lowest BCUT2D eigenvalue weighted by Crippen LogP contribution is -2.45. The summed E-state index contributed by atoms with van der Waals surface area (Å²) < 4.78 is 5.43. The van der Waals surface area contributed by atoms with Crippen LogP contribution in [0.25, 0.3) is 0 Å². The summed E-state index contributed by atoms with van der Waals surface area (Å²) in [6.07, 6.45) is 7.92. The molecule has 1 aromatic heterocycles. The molecule has 0 saturated heterocycles. The maximum Gasteiger partial charge on any atom is 0.139 e. The Labute approximate surface area is 170 Å². The van der Waals surface area contributed by atoms with Gasteiger partial charge >= 0.3 is 0 Å². The van der Waals surface area contributed by atoms with Crippen molar-refractivity contribution in [1.29, 1.82) is 0 Å². The molecule has 1 aliphatic heterocycles. The van der Waals surface area contributed by atoms with Crippen LogP contribution in [0.4, 0.5) is 5.82 Å². The predicted octanol–water partition coefficient (Wildman–Crippen LogP) is 2.80. The number of pyridine rings is 1. The van der Waals surface area contributed by atoms with E-state index >= 15 is 0 Å². The summed E-state index contributed by atoms with van der Waals surface area (Å²) in [4.78, 5) is 18.4. The molecule has 0 spiro atoms. The molecule has 0 aliphatic carbocycles. The van der Waals surface area contributed by atoms with E-state index in [4.69, 9.17) is 15.5 Å². The maximum atomic E-state index is 11.3. The molecule has 0 saturated carbocycles. The normalized spacial score (nSPS) is 16.9. The number of methoxy groups -OCH3 is 1. The Bertz CT molecular complexity index is 610. The molecule has 0 radical (unpaired) electrons. The minimum absolute atomic E-state index is 0.165. The van der Waals surface area contributed by atoms with Gasteiger partial charge in [-0.3, -0.25) is 0 Å². The third-order valence-corrected chi connectivity index (χ3v) is 5.81. The van der Waals surface area contributed by atoms with Crippen molar-refractivity contribution in [3.8, 4) is 0 Å². The van der Waals surface area contributed by atoms with E-state index < -0.39 is 5.54 Å². The number of anilines is 1. The molecule has 3 N–H and O–H groups in total. The van der Waals surface area contributed by atoms with Crippen molar-refractivity contribution < 1.29 is 9.53 Å². The zero-order valence-corrected chi connectivity index (χ0v) is 17.9. The third kappa shape index (κ3) is 7.15. The van der Waals surface area contributed by atoms with E-state index in [0.29, 0.717) is 12.8 Å². The Hall–Kier alpha value is -1.50. The number of carbonyl (C=O) groups excluding carboxylic acids is 1. The molecular formula is C22H38N4O2. The van der Waals surface area contributed by atoms with E-state index in [1.165, 1.54) is 12.0 Å². The van der Waals surface area contributed by atoms with E-state index in [0.717, 1.165) is 69.7 Å². The van der Waals surface area contributed by atoms with Crippen molar-refractivity contribution in [2.24, 2.45) is 5.73 Å². The SMILES string of the molecule is CC[C@](N)(C=O)CCN(CCCCc1ccc2c(n1)NCCC2)C[C@@H](C)OC. The highest BCUT2D eigenvalue weighted by atomic mass is 16.5. The van der Waals surface area contributed by atoms with Gasteiger partial charge in [0.25, 0.3) is 0 Å². The van der Waals surface area contributed by atoms with Crippen LogP contribution in [0.15, 0.2) is 12.1 Å². The number of aromatic nitrogens is 1. The van der Waals surface area contributed by atoms with Gasteiger partial charge in [0.05, 0.1) is 11.6 Å². The number of rotatable bonds is 13. The number of nitrogens with one attached hydrogen (secondary N) is 1. The topological polar surface area (TPSA) is 80.5 Å². The number of fused-ring (bicyclic) bond motifs is 1. The molecule has 2 heterocycles. The largest absolute Gasteiger partial charge is 0.380 e. The average molecular weight is 391 g/mol. The summed E-state index contributed by atoms with van der Waals surface area (Å²) in [6, 6.07) is 4.39. The van der Waals surface area contributed by atoms with E-state index in [1.807, 2.05) is 6.92 Å². The predicted molar refractivity (Wildman–Crippen MR) is 115 cm³/mol. The van der Waals surface area contributed by atoms with Gasteiger partial charge in [-0.2, -0.15) is 0 Å². The summed E-state index contributed by atoms with van der Waals surface area (Å²) in [5.41, 5.74) is 7.94. The highest BCUT2D eigenvalue weighted by molar-refractivity contribution is 5.63. The molecule has 0 amide bonds. The van der Waals surface area contributed by atoms with E-state index in [2.05, 4.69) is 29.3 Å². The number of nitrogens with zero attached hydrogens (tertiary/aromatic N) is 2. The molecule has 0 unspecified atom stereocenters. The number of aryl methyl sites for hydroxylation is 2. The first-order valence-corrected chi connectivity index (χ1v) is 10.7. The number of hydrogen-bond donors (Lipinski definition) is 2. The van der Waals surface area contributed by atoms with Gasteiger partial charge in [0.2, 0.25) is 0 Å². The lowest BCUT2D eigenvalue weighted by atomic mass is 9.95. The smallest absolute Gasteiger partial charge is 0.139 e. The lowest BCUT2D eigenvalue weighted by Gasteiger charge is -2.29. The van der Waals surface area contributed by atoms with E-state index in [-0.39, 0.29) is 6.10 Å². The summed E-state index contributed by atoms with van der Waals surface area (Å²) in [6.45, 7) is 7.73. The maximum absolute atomic E-state index is 11.3. The number of hydrogen-bond acceptors (Lipinski definition) is 6. The van der Waals surface area contributed by atoms with Crippen molar-refractivity contribution >= 4 is 12.1 Å². The fourth-order valence-corrected chi connectivity index (χ4v) is 3.57. The molecule has 1 aromatic rings. The monoisotopic (exact) mass is 390 g/mol. The minimum atomic E-state index is -0.714. The first kappa shape index (κ1) is 22.8. The molecule has 2 rings (SSSR count). The van der Waals surface area contributed by atoms with Gasteiger partial charge < -0.3 is 25.5 Å². The van der Waals surface area contributed by atoms with Gasteiger partial charge in [-0.05, 0) is 70.0 Å². The van der Waals surface area contributed by atoms with Crippen LogP contribution >= 0.6 is 0 Å². The minimum Gasteiger partial charge on any atom is -0.380 e. The van der Waals surface area contributed by atoms with Crippen LogP contribution in [0.1, 0.15) is 57.2 Å². The summed E-state index contributed by atoms with van der Waals surface area (Å²) in [7, 11) is 1.74. The first-order valence-electron chi connectivity index (χ1n) is 10.7. The summed E-state index contributed by atoms with van der Waals surface area (Å²) in [5, 5.41) is 3.41. The molecule has 0 bridgehead atoms. The lowest BCUT2D eigenvalue weighted by molar-refractivity contribution is -0.112. The van der Waals surface area contributed by atoms with Gasteiger partial charge in [0.1, 0.15) is 12.1 Å². The second-order valence-corrected chi connectivity index (χ2v) is 8.10.